The number of halogens is 1. The SMILES string of the molecule is N#Cc1ccc(-c2ccc(OCC(=O)N/N=C/c3ccccc3Br)cc2)cc1. The Morgan fingerprint density at radius 3 is 2.32 bits per heavy atom. The summed E-state index contributed by atoms with van der Waals surface area (Å²) in [5, 5.41) is 12.8. The summed E-state index contributed by atoms with van der Waals surface area (Å²) in [6, 6.07) is 24.4. The molecule has 28 heavy (non-hydrogen) atoms. The Morgan fingerprint density at radius 2 is 1.68 bits per heavy atom. The molecule has 0 spiro atoms. The van der Waals surface area contributed by atoms with Crippen molar-refractivity contribution >= 4 is 28.1 Å². The monoisotopic (exact) mass is 433 g/mol. The summed E-state index contributed by atoms with van der Waals surface area (Å²) in [7, 11) is 0. The minimum absolute atomic E-state index is 0.135. The summed E-state index contributed by atoms with van der Waals surface area (Å²) in [5.74, 6) is 0.238. The van der Waals surface area contributed by atoms with Gasteiger partial charge in [0.2, 0.25) is 0 Å². The number of nitriles is 1. The summed E-state index contributed by atoms with van der Waals surface area (Å²) in [6.07, 6.45) is 1.56. The third kappa shape index (κ3) is 5.29. The van der Waals surface area contributed by atoms with Gasteiger partial charge in [-0.05, 0) is 41.5 Å². The van der Waals surface area contributed by atoms with Gasteiger partial charge in [0, 0.05) is 10.0 Å². The van der Waals surface area contributed by atoms with Gasteiger partial charge >= 0.3 is 0 Å². The van der Waals surface area contributed by atoms with Gasteiger partial charge in [-0.2, -0.15) is 10.4 Å². The molecule has 0 aliphatic heterocycles. The molecule has 1 amide bonds. The van der Waals surface area contributed by atoms with Gasteiger partial charge in [-0.15, -0.1) is 0 Å². The number of hydrogen-bond acceptors (Lipinski definition) is 4. The number of nitrogens with one attached hydrogen (secondary N) is 1. The van der Waals surface area contributed by atoms with Crippen LogP contribution in [0.2, 0.25) is 0 Å². The maximum Gasteiger partial charge on any atom is 0.277 e. The quantitative estimate of drug-likeness (QED) is 0.458. The molecule has 0 aromatic heterocycles. The zero-order valence-corrected chi connectivity index (χ0v) is 16.4. The van der Waals surface area contributed by atoms with Crippen LogP contribution in [0.5, 0.6) is 5.75 Å². The van der Waals surface area contributed by atoms with E-state index in [-0.39, 0.29) is 12.5 Å². The smallest absolute Gasteiger partial charge is 0.277 e. The molecular weight excluding hydrogens is 418 g/mol. The van der Waals surface area contributed by atoms with Crippen molar-refractivity contribution in [3.8, 4) is 22.9 Å². The molecule has 0 unspecified atom stereocenters. The number of hydrogen-bond donors (Lipinski definition) is 1. The Morgan fingerprint density at radius 1 is 1.04 bits per heavy atom. The topological polar surface area (TPSA) is 74.5 Å². The molecular formula is C22H16BrN3O2. The maximum atomic E-state index is 11.9. The lowest BCUT2D eigenvalue weighted by Gasteiger charge is -2.07. The van der Waals surface area contributed by atoms with Crippen LogP contribution in [-0.2, 0) is 4.79 Å². The Kier molecular flexibility index (Phi) is 6.55. The van der Waals surface area contributed by atoms with Crippen LogP contribution < -0.4 is 10.2 Å². The third-order valence-corrected chi connectivity index (χ3v) is 4.59. The molecule has 0 bridgehead atoms. The molecule has 0 heterocycles. The maximum absolute atomic E-state index is 11.9. The van der Waals surface area contributed by atoms with Gasteiger partial charge in [-0.25, -0.2) is 5.43 Å². The van der Waals surface area contributed by atoms with Crippen molar-refractivity contribution in [3.05, 3.63) is 88.4 Å². The summed E-state index contributed by atoms with van der Waals surface area (Å²) < 4.78 is 6.38. The first-order chi connectivity index (χ1) is 13.7. The predicted molar refractivity (Wildman–Crippen MR) is 112 cm³/mol. The number of ether oxygens (including phenoxy) is 1. The number of nitrogens with zero attached hydrogens (tertiary/aromatic N) is 2. The minimum atomic E-state index is -0.348. The lowest BCUT2D eigenvalue weighted by Crippen LogP contribution is -2.24. The molecule has 0 fully saturated rings. The number of benzene rings is 3. The highest BCUT2D eigenvalue weighted by molar-refractivity contribution is 9.10. The average Bonchev–Trinajstić information content (AvgIpc) is 2.74. The van der Waals surface area contributed by atoms with Crippen LogP contribution in [0.1, 0.15) is 11.1 Å². The van der Waals surface area contributed by atoms with Gasteiger partial charge in [-0.3, -0.25) is 4.79 Å². The van der Waals surface area contributed by atoms with Gasteiger partial charge in [0.15, 0.2) is 6.61 Å². The minimum Gasteiger partial charge on any atom is -0.484 e. The fourth-order valence-corrected chi connectivity index (χ4v) is 2.80. The molecule has 3 aromatic rings. The van der Waals surface area contributed by atoms with Gasteiger partial charge in [0.25, 0.3) is 5.91 Å². The molecule has 0 atom stereocenters. The molecule has 0 saturated heterocycles. The molecule has 3 aromatic carbocycles. The molecule has 6 heteroatoms. The van der Waals surface area contributed by atoms with E-state index in [0.29, 0.717) is 11.3 Å². The van der Waals surface area contributed by atoms with E-state index in [0.717, 1.165) is 21.2 Å². The van der Waals surface area contributed by atoms with E-state index >= 15 is 0 Å². The number of carbonyl (C=O) groups excluding carboxylic acids is 1. The fourth-order valence-electron chi connectivity index (χ4n) is 2.42. The van der Waals surface area contributed by atoms with Crippen LogP contribution in [0.15, 0.2) is 82.4 Å². The van der Waals surface area contributed by atoms with Crippen molar-refractivity contribution in [2.24, 2.45) is 5.10 Å². The van der Waals surface area contributed by atoms with Crippen LogP contribution in [0, 0.1) is 11.3 Å². The van der Waals surface area contributed by atoms with Crippen LogP contribution in [0.3, 0.4) is 0 Å². The highest BCUT2D eigenvalue weighted by Crippen LogP contribution is 2.22. The first-order valence-corrected chi connectivity index (χ1v) is 9.25. The summed E-state index contributed by atoms with van der Waals surface area (Å²) >= 11 is 3.41. The molecule has 0 aliphatic carbocycles. The molecule has 1 N–H and O–H groups in total. The van der Waals surface area contributed by atoms with E-state index in [2.05, 4.69) is 32.5 Å². The van der Waals surface area contributed by atoms with Crippen molar-refractivity contribution in [2.45, 2.75) is 0 Å². The molecule has 0 radical (unpaired) electrons. The van der Waals surface area contributed by atoms with Crippen molar-refractivity contribution in [2.75, 3.05) is 6.61 Å². The molecule has 0 aliphatic rings. The van der Waals surface area contributed by atoms with E-state index in [1.165, 1.54) is 0 Å². The van der Waals surface area contributed by atoms with E-state index in [1.54, 1.807) is 30.5 Å². The van der Waals surface area contributed by atoms with Gasteiger partial charge < -0.3 is 4.74 Å². The zero-order valence-electron chi connectivity index (χ0n) is 14.8. The Bertz CT molecular complexity index is 1020. The fraction of sp³-hybridized carbons (Fsp3) is 0.0455. The van der Waals surface area contributed by atoms with Crippen LogP contribution in [0.25, 0.3) is 11.1 Å². The highest BCUT2D eigenvalue weighted by atomic mass is 79.9. The van der Waals surface area contributed by atoms with Crippen molar-refractivity contribution in [3.63, 3.8) is 0 Å². The second-order valence-corrected chi connectivity index (χ2v) is 6.67. The largest absolute Gasteiger partial charge is 0.484 e. The van der Waals surface area contributed by atoms with E-state index in [4.69, 9.17) is 10.00 Å². The molecule has 5 nitrogen and oxygen atoms in total. The van der Waals surface area contributed by atoms with Gasteiger partial charge in [-0.1, -0.05) is 58.4 Å². The zero-order chi connectivity index (χ0) is 19.8. The second-order valence-electron chi connectivity index (χ2n) is 5.82. The van der Waals surface area contributed by atoms with Crippen LogP contribution in [0.4, 0.5) is 0 Å². The van der Waals surface area contributed by atoms with Crippen molar-refractivity contribution in [1.29, 1.82) is 5.26 Å². The first-order valence-electron chi connectivity index (χ1n) is 8.45. The number of hydrazone groups is 1. The molecule has 0 saturated carbocycles. The Balaban J connectivity index is 1.51. The van der Waals surface area contributed by atoms with Crippen LogP contribution in [-0.4, -0.2) is 18.7 Å². The average molecular weight is 434 g/mol. The third-order valence-electron chi connectivity index (χ3n) is 3.87. The summed E-state index contributed by atoms with van der Waals surface area (Å²) in [5.41, 5.74) is 5.92. The van der Waals surface area contributed by atoms with Gasteiger partial charge in [0.05, 0.1) is 17.8 Å². The highest BCUT2D eigenvalue weighted by Gasteiger charge is 2.03. The van der Waals surface area contributed by atoms with E-state index in [1.807, 2.05) is 48.5 Å². The lowest BCUT2D eigenvalue weighted by molar-refractivity contribution is -0.123. The number of amides is 1. The second kappa shape index (κ2) is 9.49. The lowest BCUT2D eigenvalue weighted by atomic mass is 10.0. The summed E-state index contributed by atoms with van der Waals surface area (Å²) in [4.78, 5) is 11.9. The molecule has 3 rings (SSSR count). The van der Waals surface area contributed by atoms with E-state index in [9.17, 15) is 4.79 Å². The molecule has 138 valence electrons. The van der Waals surface area contributed by atoms with Crippen molar-refractivity contribution < 1.29 is 9.53 Å². The van der Waals surface area contributed by atoms with E-state index < -0.39 is 0 Å². The predicted octanol–water partition coefficient (Wildman–Crippen LogP) is 4.52. The Labute approximate surface area is 171 Å². The standard InChI is InChI=1S/C22H16BrN3O2/c23-21-4-2-1-3-19(21)14-25-26-22(27)15-28-20-11-9-18(10-12-20)17-7-5-16(13-24)6-8-17/h1-12,14H,15H2,(H,26,27)/b25-14+. The van der Waals surface area contributed by atoms with Crippen molar-refractivity contribution in [1.82, 2.24) is 5.43 Å². The number of rotatable bonds is 6. The van der Waals surface area contributed by atoms with Gasteiger partial charge in [0.1, 0.15) is 5.75 Å². The number of carbonyl (C=O) groups is 1. The normalized spacial score (nSPS) is 10.4. The Hall–Kier alpha value is -3.43. The summed E-state index contributed by atoms with van der Waals surface area (Å²) in [6.45, 7) is -0.135. The first kappa shape index (κ1) is 19.3. The van der Waals surface area contributed by atoms with Crippen LogP contribution >= 0.6 is 15.9 Å².